The van der Waals surface area contributed by atoms with Gasteiger partial charge in [0, 0.05) is 5.92 Å². The molecule has 0 fully saturated rings. The van der Waals surface area contributed by atoms with Crippen LogP contribution in [0.1, 0.15) is 35.4 Å². The van der Waals surface area contributed by atoms with Gasteiger partial charge in [0.15, 0.2) is 23.0 Å². The Morgan fingerprint density at radius 2 is 1.27 bits per heavy atom. The molecule has 1 aliphatic carbocycles. The Labute approximate surface area is 154 Å². The van der Waals surface area contributed by atoms with Crippen LogP contribution in [0.15, 0.2) is 24.3 Å². The van der Waals surface area contributed by atoms with Crippen molar-refractivity contribution in [1.29, 1.82) is 0 Å². The average molecular weight is 358 g/mol. The first-order chi connectivity index (χ1) is 12.7. The monoisotopic (exact) mass is 358 g/mol. The van der Waals surface area contributed by atoms with Crippen LogP contribution in [-0.2, 0) is 6.42 Å². The van der Waals surface area contributed by atoms with E-state index in [4.69, 9.17) is 23.7 Å². The van der Waals surface area contributed by atoms with Crippen LogP contribution < -0.4 is 23.7 Å². The summed E-state index contributed by atoms with van der Waals surface area (Å²) < 4.78 is 27.5. The van der Waals surface area contributed by atoms with Gasteiger partial charge in [0.2, 0.25) is 5.75 Å². The number of methoxy groups -OCH3 is 5. The maximum Gasteiger partial charge on any atom is 0.203 e. The third kappa shape index (κ3) is 3.14. The maximum absolute atomic E-state index is 5.53. The molecule has 0 heterocycles. The van der Waals surface area contributed by atoms with Gasteiger partial charge >= 0.3 is 0 Å². The smallest absolute Gasteiger partial charge is 0.203 e. The van der Waals surface area contributed by atoms with E-state index < -0.39 is 0 Å². The van der Waals surface area contributed by atoms with Crippen molar-refractivity contribution in [2.75, 3.05) is 35.5 Å². The van der Waals surface area contributed by atoms with Crippen molar-refractivity contribution in [2.45, 2.75) is 25.2 Å². The molecule has 0 N–H and O–H groups in total. The molecule has 26 heavy (non-hydrogen) atoms. The van der Waals surface area contributed by atoms with E-state index in [1.54, 1.807) is 35.5 Å². The van der Waals surface area contributed by atoms with Gasteiger partial charge in [-0.25, -0.2) is 0 Å². The van der Waals surface area contributed by atoms with Gasteiger partial charge in [-0.2, -0.15) is 0 Å². The summed E-state index contributed by atoms with van der Waals surface area (Å²) in [7, 11) is 8.24. The summed E-state index contributed by atoms with van der Waals surface area (Å²) in [5.41, 5.74) is 3.71. The van der Waals surface area contributed by atoms with Gasteiger partial charge in [-0.3, -0.25) is 0 Å². The predicted octanol–water partition coefficient (Wildman–Crippen LogP) is 4.20. The lowest BCUT2D eigenvalue weighted by Crippen LogP contribution is -2.12. The van der Waals surface area contributed by atoms with E-state index in [2.05, 4.69) is 12.1 Å². The zero-order chi connectivity index (χ0) is 18.7. The number of hydrogen-bond acceptors (Lipinski definition) is 5. The topological polar surface area (TPSA) is 46.2 Å². The fourth-order valence-electron chi connectivity index (χ4n) is 3.78. The molecular weight excluding hydrogens is 332 g/mol. The highest BCUT2D eigenvalue weighted by Gasteiger charge is 2.26. The van der Waals surface area contributed by atoms with Crippen LogP contribution in [0.5, 0.6) is 28.7 Å². The molecule has 0 saturated carbocycles. The standard InChI is InChI=1S/C21H26O5/c1-22-17-9-13-7-6-8-15(16(13)12-18(17)23-2)14-10-19(24-3)21(26-5)20(11-14)25-4/h9-12,15H,6-8H2,1-5H3. The number of fused-ring (bicyclic) bond motifs is 1. The Bertz CT molecular complexity index is 759. The second-order valence-electron chi connectivity index (χ2n) is 6.31. The number of hydrogen-bond donors (Lipinski definition) is 0. The van der Waals surface area contributed by atoms with Gasteiger partial charge in [-0.1, -0.05) is 0 Å². The molecule has 5 nitrogen and oxygen atoms in total. The minimum atomic E-state index is 0.243. The lowest BCUT2D eigenvalue weighted by atomic mass is 9.78. The summed E-state index contributed by atoms with van der Waals surface area (Å²) in [5.74, 6) is 3.74. The number of ether oxygens (including phenoxy) is 5. The Kier molecular flexibility index (Phi) is 5.45. The largest absolute Gasteiger partial charge is 0.493 e. The van der Waals surface area contributed by atoms with Gasteiger partial charge < -0.3 is 23.7 Å². The van der Waals surface area contributed by atoms with E-state index in [-0.39, 0.29) is 5.92 Å². The molecule has 140 valence electrons. The van der Waals surface area contributed by atoms with Crippen molar-refractivity contribution in [2.24, 2.45) is 0 Å². The first kappa shape index (κ1) is 18.2. The Morgan fingerprint density at radius 3 is 1.81 bits per heavy atom. The molecule has 1 atom stereocenters. The van der Waals surface area contributed by atoms with E-state index >= 15 is 0 Å². The Morgan fingerprint density at radius 1 is 0.692 bits per heavy atom. The lowest BCUT2D eigenvalue weighted by molar-refractivity contribution is 0.323. The quantitative estimate of drug-likeness (QED) is 0.774. The highest BCUT2D eigenvalue weighted by atomic mass is 16.5. The summed E-state index contributed by atoms with van der Waals surface area (Å²) in [5, 5.41) is 0. The third-order valence-electron chi connectivity index (χ3n) is 5.05. The lowest BCUT2D eigenvalue weighted by Gasteiger charge is -2.28. The van der Waals surface area contributed by atoms with Crippen LogP contribution in [-0.4, -0.2) is 35.5 Å². The van der Waals surface area contributed by atoms with Gasteiger partial charge in [0.05, 0.1) is 35.5 Å². The van der Waals surface area contributed by atoms with Crippen molar-refractivity contribution >= 4 is 0 Å². The predicted molar refractivity (Wildman–Crippen MR) is 100 cm³/mol. The zero-order valence-corrected chi connectivity index (χ0v) is 16.0. The normalized spacial score (nSPS) is 15.8. The zero-order valence-electron chi connectivity index (χ0n) is 16.0. The van der Waals surface area contributed by atoms with Crippen LogP contribution in [0.3, 0.4) is 0 Å². The molecule has 0 amide bonds. The molecule has 0 bridgehead atoms. The summed E-state index contributed by atoms with van der Waals surface area (Å²) in [6, 6.07) is 8.27. The van der Waals surface area contributed by atoms with Crippen molar-refractivity contribution in [1.82, 2.24) is 0 Å². The highest BCUT2D eigenvalue weighted by molar-refractivity contribution is 5.57. The first-order valence-electron chi connectivity index (χ1n) is 8.71. The summed E-state index contributed by atoms with van der Waals surface area (Å²) >= 11 is 0. The minimum Gasteiger partial charge on any atom is -0.493 e. The summed E-state index contributed by atoms with van der Waals surface area (Å²) in [6.45, 7) is 0. The molecule has 0 saturated heterocycles. The van der Waals surface area contributed by atoms with Crippen LogP contribution in [0.2, 0.25) is 0 Å². The fraction of sp³-hybridized carbons (Fsp3) is 0.429. The van der Waals surface area contributed by atoms with Crippen molar-refractivity contribution in [3.8, 4) is 28.7 Å². The van der Waals surface area contributed by atoms with Crippen molar-refractivity contribution < 1.29 is 23.7 Å². The minimum absolute atomic E-state index is 0.243. The van der Waals surface area contributed by atoms with Crippen LogP contribution in [0.4, 0.5) is 0 Å². The number of aryl methyl sites for hydroxylation is 1. The van der Waals surface area contributed by atoms with Gasteiger partial charge in [0.25, 0.3) is 0 Å². The van der Waals surface area contributed by atoms with Gasteiger partial charge in [-0.05, 0) is 60.2 Å². The number of rotatable bonds is 6. The average Bonchev–Trinajstić information content (AvgIpc) is 2.70. The van der Waals surface area contributed by atoms with Crippen LogP contribution in [0.25, 0.3) is 0 Å². The molecule has 0 aliphatic heterocycles. The van der Waals surface area contributed by atoms with Crippen molar-refractivity contribution in [3.63, 3.8) is 0 Å². The van der Waals surface area contributed by atoms with Gasteiger partial charge in [0.1, 0.15) is 0 Å². The molecule has 2 aromatic rings. The van der Waals surface area contributed by atoms with Gasteiger partial charge in [-0.15, -0.1) is 0 Å². The van der Waals surface area contributed by atoms with E-state index in [0.717, 1.165) is 36.3 Å². The maximum atomic E-state index is 5.53. The molecule has 3 rings (SSSR count). The van der Waals surface area contributed by atoms with E-state index in [0.29, 0.717) is 17.2 Å². The van der Waals surface area contributed by atoms with Crippen molar-refractivity contribution in [3.05, 3.63) is 41.0 Å². The summed E-state index contributed by atoms with van der Waals surface area (Å²) in [4.78, 5) is 0. The van der Waals surface area contributed by atoms with Crippen LogP contribution >= 0.6 is 0 Å². The molecule has 0 radical (unpaired) electrons. The third-order valence-corrected chi connectivity index (χ3v) is 5.05. The number of benzene rings is 2. The summed E-state index contributed by atoms with van der Waals surface area (Å²) in [6.07, 6.45) is 3.21. The van der Waals surface area contributed by atoms with E-state index in [1.807, 2.05) is 12.1 Å². The molecule has 5 heteroatoms. The SMILES string of the molecule is COc1cc2c(cc1OC)C(c1cc(OC)c(OC)c(OC)c1)CCC2. The molecule has 1 unspecified atom stereocenters. The molecule has 1 aliphatic rings. The second kappa shape index (κ2) is 7.77. The van der Waals surface area contributed by atoms with E-state index in [1.165, 1.54) is 11.1 Å². The molecular formula is C21H26O5. The Balaban J connectivity index is 2.12. The Hall–Kier alpha value is -2.56. The highest BCUT2D eigenvalue weighted by Crippen LogP contribution is 2.46. The van der Waals surface area contributed by atoms with Crippen LogP contribution in [0, 0.1) is 0 Å². The molecule has 0 spiro atoms. The first-order valence-corrected chi connectivity index (χ1v) is 8.71. The molecule has 2 aromatic carbocycles. The molecule has 0 aromatic heterocycles. The van der Waals surface area contributed by atoms with E-state index in [9.17, 15) is 0 Å². The fourth-order valence-corrected chi connectivity index (χ4v) is 3.78. The second-order valence-corrected chi connectivity index (χ2v) is 6.31.